The lowest BCUT2D eigenvalue weighted by Crippen LogP contribution is -2.60. The van der Waals surface area contributed by atoms with Crippen molar-refractivity contribution in [2.45, 2.75) is 63.3 Å². The van der Waals surface area contributed by atoms with Crippen LogP contribution in [0.5, 0.6) is 0 Å². The molecule has 4 aliphatic rings. The van der Waals surface area contributed by atoms with E-state index in [0.717, 1.165) is 30.8 Å². The van der Waals surface area contributed by atoms with Gasteiger partial charge in [-0.3, -0.25) is 24.6 Å². The minimum absolute atomic E-state index is 0.114. The van der Waals surface area contributed by atoms with Gasteiger partial charge in [0.05, 0.1) is 0 Å². The summed E-state index contributed by atoms with van der Waals surface area (Å²) >= 11 is 0. The number of nitrogens with one attached hydrogen (secondary N) is 3. The van der Waals surface area contributed by atoms with Gasteiger partial charge >= 0.3 is 0 Å². The van der Waals surface area contributed by atoms with Gasteiger partial charge in [-0.05, 0) is 43.0 Å². The molecule has 8 nitrogen and oxygen atoms in total. The van der Waals surface area contributed by atoms with Gasteiger partial charge in [-0.25, -0.2) is 0 Å². The summed E-state index contributed by atoms with van der Waals surface area (Å²) in [6.45, 7) is 5.39. The van der Waals surface area contributed by atoms with Gasteiger partial charge < -0.3 is 15.5 Å². The van der Waals surface area contributed by atoms with Crippen LogP contribution >= 0.6 is 0 Å². The number of carbonyl (C=O) groups excluding carboxylic acids is 3. The molecule has 5 rings (SSSR count). The number of carbonyl (C=O) groups is 3. The highest BCUT2D eigenvalue weighted by Crippen LogP contribution is 2.29. The second-order valence-corrected chi connectivity index (χ2v) is 9.22. The summed E-state index contributed by atoms with van der Waals surface area (Å²) in [7, 11) is 0. The van der Waals surface area contributed by atoms with Crippen molar-refractivity contribution in [1.82, 2.24) is 25.8 Å². The van der Waals surface area contributed by atoms with E-state index < -0.39 is 6.04 Å². The van der Waals surface area contributed by atoms with Crippen LogP contribution in [0.3, 0.4) is 0 Å². The SMILES string of the molecule is O=C1CCC(N2Cc3c(CNCC4CN5CCCCC5CN4)cccc3C2=O)C(=O)N1. The topological polar surface area (TPSA) is 93.8 Å². The molecular formula is C23H31N5O3. The molecule has 8 heteroatoms. The first-order valence-corrected chi connectivity index (χ1v) is 11.5. The highest BCUT2D eigenvalue weighted by atomic mass is 16.2. The fourth-order valence-electron chi connectivity index (χ4n) is 5.52. The Hall–Kier alpha value is -2.29. The van der Waals surface area contributed by atoms with Crippen molar-refractivity contribution in [3.05, 3.63) is 34.9 Å². The Balaban J connectivity index is 1.20. The van der Waals surface area contributed by atoms with Crippen LogP contribution in [0.1, 0.15) is 53.6 Å². The van der Waals surface area contributed by atoms with E-state index in [0.29, 0.717) is 37.2 Å². The normalized spacial score (nSPS) is 29.0. The molecule has 3 fully saturated rings. The number of hydrogen-bond donors (Lipinski definition) is 3. The zero-order chi connectivity index (χ0) is 21.4. The average Bonchev–Trinajstić information content (AvgIpc) is 3.11. The molecule has 3 amide bonds. The number of imide groups is 1. The van der Waals surface area contributed by atoms with Crippen molar-refractivity contribution in [2.75, 3.05) is 26.2 Å². The summed E-state index contributed by atoms with van der Waals surface area (Å²) in [5, 5.41) is 9.63. The van der Waals surface area contributed by atoms with Crippen molar-refractivity contribution in [3.8, 4) is 0 Å². The largest absolute Gasteiger partial charge is 0.322 e. The third-order valence-electron chi connectivity index (χ3n) is 7.23. The minimum Gasteiger partial charge on any atom is -0.322 e. The monoisotopic (exact) mass is 425 g/mol. The Morgan fingerprint density at radius 2 is 2.03 bits per heavy atom. The molecule has 0 aromatic heterocycles. The zero-order valence-electron chi connectivity index (χ0n) is 17.9. The summed E-state index contributed by atoms with van der Waals surface area (Å²) < 4.78 is 0. The van der Waals surface area contributed by atoms with E-state index in [1.807, 2.05) is 12.1 Å². The zero-order valence-corrected chi connectivity index (χ0v) is 17.9. The maximum atomic E-state index is 13.0. The lowest BCUT2D eigenvalue weighted by molar-refractivity contribution is -0.136. The highest BCUT2D eigenvalue weighted by molar-refractivity contribution is 6.05. The van der Waals surface area contributed by atoms with Gasteiger partial charge in [-0.15, -0.1) is 0 Å². The molecule has 31 heavy (non-hydrogen) atoms. The van der Waals surface area contributed by atoms with Crippen LogP contribution in [0.25, 0.3) is 0 Å². The molecule has 0 bridgehead atoms. The Kier molecular flexibility index (Phi) is 5.77. The van der Waals surface area contributed by atoms with Crippen LogP contribution in [0, 0.1) is 0 Å². The molecule has 166 valence electrons. The van der Waals surface area contributed by atoms with E-state index in [4.69, 9.17) is 0 Å². The molecule has 3 N–H and O–H groups in total. The Labute approximate surface area is 182 Å². The number of hydrogen-bond acceptors (Lipinski definition) is 6. The smallest absolute Gasteiger partial charge is 0.255 e. The van der Waals surface area contributed by atoms with Crippen molar-refractivity contribution in [1.29, 1.82) is 0 Å². The Morgan fingerprint density at radius 3 is 2.90 bits per heavy atom. The van der Waals surface area contributed by atoms with Gasteiger partial charge in [0, 0.05) is 56.8 Å². The van der Waals surface area contributed by atoms with E-state index in [1.165, 1.54) is 25.8 Å². The van der Waals surface area contributed by atoms with Crippen molar-refractivity contribution < 1.29 is 14.4 Å². The fourth-order valence-corrected chi connectivity index (χ4v) is 5.52. The molecule has 0 spiro atoms. The predicted octanol–water partition coefficient (Wildman–Crippen LogP) is 0.364. The molecule has 1 aromatic carbocycles. The number of amides is 3. The number of piperidine rings is 2. The molecule has 4 aliphatic heterocycles. The van der Waals surface area contributed by atoms with Gasteiger partial charge in [0.15, 0.2) is 0 Å². The molecule has 3 unspecified atom stereocenters. The first-order chi connectivity index (χ1) is 15.1. The van der Waals surface area contributed by atoms with E-state index in [1.54, 1.807) is 4.90 Å². The number of fused-ring (bicyclic) bond motifs is 2. The van der Waals surface area contributed by atoms with E-state index in [9.17, 15) is 14.4 Å². The molecule has 0 aliphatic carbocycles. The number of rotatable bonds is 5. The van der Waals surface area contributed by atoms with Gasteiger partial charge in [-0.2, -0.15) is 0 Å². The standard InChI is InChI=1S/C23H31N5O3/c29-21-8-7-20(22(30)26-21)28-14-19-15(4-3-6-18(19)23(28)31)10-24-11-16-13-27-9-2-1-5-17(27)12-25-16/h3-4,6,16-17,20,24-25H,1-2,5,7-14H2,(H,26,29,30). The first kappa shape index (κ1) is 20.6. The maximum absolute atomic E-state index is 13.0. The van der Waals surface area contributed by atoms with Gasteiger partial charge in [-0.1, -0.05) is 18.6 Å². The highest BCUT2D eigenvalue weighted by Gasteiger charge is 2.39. The van der Waals surface area contributed by atoms with Crippen molar-refractivity contribution in [2.24, 2.45) is 0 Å². The molecular weight excluding hydrogens is 394 g/mol. The fraction of sp³-hybridized carbons (Fsp3) is 0.609. The van der Waals surface area contributed by atoms with Crippen LogP contribution in [0.2, 0.25) is 0 Å². The van der Waals surface area contributed by atoms with Gasteiger partial charge in [0.25, 0.3) is 5.91 Å². The molecule has 1 aromatic rings. The first-order valence-electron chi connectivity index (χ1n) is 11.5. The van der Waals surface area contributed by atoms with E-state index >= 15 is 0 Å². The average molecular weight is 426 g/mol. The number of piperazine rings is 1. The van der Waals surface area contributed by atoms with Gasteiger partial charge in [0.1, 0.15) is 6.04 Å². The Bertz CT molecular complexity index is 888. The van der Waals surface area contributed by atoms with Crippen molar-refractivity contribution >= 4 is 17.7 Å². The summed E-state index contributed by atoms with van der Waals surface area (Å²) in [6, 6.07) is 6.38. The summed E-state index contributed by atoms with van der Waals surface area (Å²) in [6.07, 6.45) is 4.63. The lowest BCUT2D eigenvalue weighted by atomic mass is 9.98. The predicted molar refractivity (Wildman–Crippen MR) is 115 cm³/mol. The van der Waals surface area contributed by atoms with E-state index in [2.05, 4.69) is 26.9 Å². The van der Waals surface area contributed by atoms with Crippen LogP contribution in [0.4, 0.5) is 0 Å². The summed E-state index contributed by atoms with van der Waals surface area (Å²) in [5.74, 6) is -0.740. The van der Waals surface area contributed by atoms with E-state index in [-0.39, 0.29) is 24.1 Å². The quantitative estimate of drug-likeness (QED) is 0.590. The second-order valence-electron chi connectivity index (χ2n) is 9.22. The minimum atomic E-state index is -0.567. The number of benzene rings is 1. The van der Waals surface area contributed by atoms with Crippen LogP contribution in [-0.4, -0.2) is 71.8 Å². The molecule has 0 radical (unpaired) electrons. The van der Waals surface area contributed by atoms with Crippen LogP contribution in [-0.2, 0) is 22.7 Å². The molecule has 0 saturated carbocycles. The molecule has 3 saturated heterocycles. The van der Waals surface area contributed by atoms with Crippen LogP contribution in [0.15, 0.2) is 18.2 Å². The third-order valence-corrected chi connectivity index (χ3v) is 7.23. The lowest BCUT2D eigenvalue weighted by Gasteiger charge is -2.43. The number of nitrogens with zero attached hydrogens (tertiary/aromatic N) is 2. The molecule has 4 heterocycles. The summed E-state index contributed by atoms with van der Waals surface area (Å²) in [5.41, 5.74) is 2.78. The maximum Gasteiger partial charge on any atom is 0.255 e. The Morgan fingerprint density at radius 1 is 1.13 bits per heavy atom. The van der Waals surface area contributed by atoms with Crippen molar-refractivity contribution in [3.63, 3.8) is 0 Å². The van der Waals surface area contributed by atoms with Crippen LogP contribution < -0.4 is 16.0 Å². The second kappa shape index (κ2) is 8.68. The third kappa shape index (κ3) is 4.12. The molecule has 3 atom stereocenters. The van der Waals surface area contributed by atoms with Gasteiger partial charge in [0.2, 0.25) is 11.8 Å². The summed E-state index contributed by atoms with van der Waals surface area (Å²) in [4.78, 5) is 40.9.